The first-order chi connectivity index (χ1) is 9.13. The lowest BCUT2D eigenvalue weighted by Gasteiger charge is -2.21. The molecular weight excluding hydrogens is 250 g/mol. The smallest absolute Gasteiger partial charge is 0.397 e. The van der Waals surface area contributed by atoms with Gasteiger partial charge in [0.1, 0.15) is 13.2 Å². The maximum atomic E-state index is 11.8. The molecule has 0 radical (unpaired) electrons. The van der Waals surface area contributed by atoms with E-state index < -0.39 is 11.9 Å². The highest BCUT2D eigenvalue weighted by Crippen LogP contribution is 2.33. The fourth-order valence-electron chi connectivity index (χ4n) is 1.69. The van der Waals surface area contributed by atoms with E-state index in [-0.39, 0.29) is 6.61 Å². The van der Waals surface area contributed by atoms with Crippen molar-refractivity contribution in [3.05, 3.63) is 18.2 Å². The summed E-state index contributed by atoms with van der Waals surface area (Å²) in [5.41, 5.74) is 0.544. The van der Waals surface area contributed by atoms with E-state index in [1.165, 1.54) is 11.9 Å². The van der Waals surface area contributed by atoms with Crippen LogP contribution < -0.4 is 14.4 Å². The number of hydrogen-bond donors (Lipinski definition) is 0. The number of rotatable bonds is 2. The summed E-state index contributed by atoms with van der Waals surface area (Å²) in [5, 5.41) is 0. The number of esters is 1. The molecule has 0 N–H and O–H groups in total. The molecule has 2 rings (SSSR count). The number of carbonyl (C=O) groups excluding carboxylic acids is 2. The fourth-order valence-corrected chi connectivity index (χ4v) is 1.69. The van der Waals surface area contributed by atoms with Crippen LogP contribution in [0, 0.1) is 0 Å². The van der Waals surface area contributed by atoms with Crippen molar-refractivity contribution < 1.29 is 23.8 Å². The SMILES string of the molecule is CCOC(=O)C(=O)N(C)c1ccc2c(c1)OCCO2. The van der Waals surface area contributed by atoms with Crippen molar-refractivity contribution in [3.63, 3.8) is 0 Å². The van der Waals surface area contributed by atoms with Crippen LogP contribution in [0.1, 0.15) is 6.92 Å². The molecule has 0 unspecified atom stereocenters. The minimum absolute atomic E-state index is 0.166. The second-order valence-electron chi connectivity index (χ2n) is 3.91. The Morgan fingerprint density at radius 2 is 1.95 bits per heavy atom. The van der Waals surface area contributed by atoms with Gasteiger partial charge in [0.15, 0.2) is 11.5 Å². The number of fused-ring (bicyclic) bond motifs is 1. The maximum Gasteiger partial charge on any atom is 0.397 e. The number of hydrogen-bond acceptors (Lipinski definition) is 5. The third-order valence-corrected chi connectivity index (χ3v) is 2.67. The van der Waals surface area contributed by atoms with E-state index in [0.717, 1.165) is 0 Å². The van der Waals surface area contributed by atoms with Crippen molar-refractivity contribution in [2.45, 2.75) is 6.92 Å². The number of nitrogens with zero attached hydrogens (tertiary/aromatic N) is 1. The topological polar surface area (TPSA) is 65.1 Å². The molecule has 0 fully saturated rings. The van der Waals surface area contributed by atoms with Crippen LogP contribution in [0.4, 0.5) is 5.69 Å². The minimum Gasteiger partial charge on any atom is -0.486 e. The molecule has 1 heterocycles. The van der Waals surface area contributed by atoms with Gasteiger partial charge in [-0.15, -0.1) is 0 Å². The first-order valence-corrected chi connectivity index (χ1v) is 5.98. The van der Waals surface area contributed by atoms with Crippen molar-refractivity contribution in [1.82, 2.24) is 0 Å². The van der Waals surface area contributed by atoms with Gasteiger partial charge in [-0.3, -0.25) is 4.79 Å². The van der Waals surface area contributed by atoms with Crippen LogP contribution in [0.15, 0.2) is 18.2 Å². The number of amides is 1. The molecule has 0 spiro atoms. The molecule has 6 heteroatoms. The van der Waals surface area contributed by atoms with Gasteiger partial charge in [-0.25, -0.2) is 4.79 Å². The Kier molecular flexibility index (Phi) is 3.89. The quantitative estimate of drug-likeness (QED) is 0.589. The molecule has 102 valence electrons. The molecule has 1 aromatic carbocycles. The number of benzene rings is 1. The Labute approximate surface area is 110 Å². The second-order valence-corrected chi connectivity index (χ2v) is 3.91. The van der Waals surface area contributed by atoms with Gasteiger partial charge >= 0.3 is 11.9 Å². The van der Waals surface area contributed by atoms with Crippen LogP contribution in [0.25, 0.3) is 0 Å². The van der Waals surface area contributed by atoms with Crippen molar-refractivity contribution in [2.24, 2.45) is 0 Å². The van der Waals surface area contributed by atoms with Crippen molar-refractivity contribution in [1.29, 1.82) is 0 Å². The number of likely N-dealkylation sites (N-methyl/N-ethyl adjacent to an activating group) is 1. The van der Waals surface area contributed by atoms with Crippen molar-refractivity contribution in [3.8, 4) is 11.5 Å². The van der Waals surface area contributed by atoms with Gasteiger partial charge in [-0.2, -0.15) is 0 Å². The third-order valence-electron chi connectivity index (χ3n) is 2.67. The van der Waals surface area contributed by atoms with Gasteiger partial charge in [-0.1, -0.05) is 0 Å². The summed E-state index contributed by atoms with van der Waals surface area (Å²) >= 11 is 0. The van der Waals surface area contributed by atoms with Crippen molar-refractivity contribution in [2.75, 3.05) is 31.8 Å². The normalized spacial score (nSPS) is 12.7. The lowest BCUT2D eigenvalue weighted by atomic mass is 10.2. The fraction of sp³-hybridized carbons (Fsp3) is 0.385. The molecule has 1 aromatic rings. The van der Waals surface area contributed by atoms with Crippen LogP contribution in [0.2, 0.25) is 0 Å². The molecule has 0 bridgehead atoms. The van der Waals surface area contributed by atoms with Gasteiger partial charge in [0.25, 0.3) is 0 Å². The Balaban J connectivity index is 2.17. The van der Waals surface area contributed by atoms with E-state index in [1.807, 2.05) is 0 Å². The van der Waals surface area contributed by atoms with Crippen molar-refractivity contribution >= 4 is 17.6 Å². The third kappa shape index (κ3) is 2.78. The first kappa shape index (κ1) is 13.2. The molecular formula is C13H15NO5. The second kappa shape index (κ2) is 5.60. The van der Waals surface area contributed by atoms with Crippen LogP contribution in [0.5, 0.6) is 11.5 Å². The van der Waals surface area contributed by atoms with E-state index in [0.29, 0.717) is 30.4 Å². The van der Waals surface area contributed by atoms with Crippen LogP contribution in [-0.4, -0.2) is 38.7 Å². The highest BCUT2D eigenvalue weighted by Gasteiger charge is 2.22. The van der Waals surface area contributed by atoms with Gasteiger partial charge in [0.2, 0.25) is 0 Å². The Morgan fingerprint density at radius 3 is 2.63 bits per heavy atom. The van der Waals surface area contributed by atoms with Crippen LogP contribution >= 0.6 is 0 Å². The highest BCUT2D eigenvalue weighted by molar-refractivity contribution is 6.37. The van der Waals surface area contributed by atoms with Gasteiger partial charge < -0.3 is 19.1 Å². The van der Waals surface area contributed by atoms with E-state index in [1.54, 1.807) is 25.1 Å². The predicted octanol–water partition coefficient (Wildman–Crippen LogP) is 0.984. The first-order valence-electron chi connectivity index (χ1n) is 5.98. The molecule has 0 saturated heterocycles. The van der Waals surface area contributed by atoms with Gasteiger partial charge in [-0.05, 0) is 19.1 Å². The molecule has 0 atom stereocenters. The summed E-state index contributed by atoms with van der Waals surface area (Å²) in [6.07, 6.45) is 0. The van der Waals surface area contributed by atoms with E-state index >= 15 is 0 Å². The summed E-state index contributed by atoms with van der Waals surface area (Å²) in [7, 11) is 1.50. The Bertz CT molecular complexity index is 500. The monoisotopic (exact) mass is 265 g/mol. The molecule has 0 aliphatic carbocycles. The Hall–Kier alpha value is -2.24. The van der Waals surface area contributed by atoms with Crippen LogP contribution in [-0.2, 0) is 14.3 Å². The molecule has 1 aliphatic rings. The molecule has 0 saturated carbocycles. The molecule has 19 heavy (non-hydrogen) atoms. The average molecular weight is 265 g/mol. The minimum atomic E-state index is -0.875. The molecule has 0 aromatic heterocycles. The number of ether oxygens (including phenoxy) is 3. The van der Waals surface area contributed by atoms with Gasteiger partial charge in [0.05, 0.1) is 6.61 Å². The molecule has 1 amide bonds. The van der Waals surface area contributed by atoms with E-state index in [4.69, 9.17) is 9.47 Å². The molecule has 1 aliphatic heterocycles. The lowest BCUT2D eigenvalue weighted by Crippen LogP contribution is -2.34. The number of anilines is 1. The summed E-state index contributed by atoms with van der Waals surface area (Å²) < 4.78 is 15.5. The zero-order chi connectivity index (χ0) is 13.8. The standard InChI is InChI=1S/C13H15NO5/c1-3-17-13(16)12(15)14(2)9-4-5-10-11(8-9)19-7-6-18-10/h4-5,8H,3,6-7H2,1-2H3. The summed E-state index contributed by atoms with van der Waals surface area (Å²) in [6, 6.07) is 5.05. The lowest BCUT2D eigenvalue weighted by molar-refractivity contribution is -0.153. The van der Waals surface area contributed by atoms with E-state index in [2.05, 4.69) is 4.74 Å². The Morgan fingerprint density at radius 1 is 1.26 bits per heavy atom. The maximum absolute atomic E-state index is 11.8. The summed E-state index contributed by atoms with van der Waals surface area (Å²) in [6.45, 7) is 2.78. The number of carbonyl (C=O) groups is 2. The zero-order valence-corrected chi connectivity index (χ0v) is 10.8. The van der Waals surface area contributed by atoms with Crippen LogP contribution in [0.3, 0.4) is 0 Å². The largest absolute Gasteiger partial charge is 0.486 e. The summed E-state index contributed by atoms with van der Waals surface area (Å²) in [5.74, 6) is -0.405. The highest BCUT2D eigenvalue weighted by atomic mass is 16.6. The zero-order valence-electron chi connectivity index (χ0n) is 10.8. The van der Waals surface area contributed by atoms with E-state index in [9.17, 15) is 9.59 Å². The summed E-state index contributed by atoms with van der Waals surface area (Å²) in [4.78, 5) is 24.4. The average Bonchev–Trinajstić information content (AvgIpc) is 2.45. The predicted molar refractivity (Wildman–Crippen MR) is 67.5 cm³/mol. The molecule has 6 nitrogen and oxygen atoms in total. The van der Waals surface area contributed by atoms with Gasteiger partial charge in [0, 0.05) is 18.8 Å².